The van der Waals surface area contributed by atoms with E-state index in [0.29, 0.717) is 28.3 Å². The molecule has 0 bridgehead atoms. The molecular weight excluding hydrogens is 492 g/mol. The van der Waals surface area contributed by atoms with Gasteiger partial charge in [0.1, 0.15) is 30.1 Å². The van der Waals surface area contributed by atoms with Gasteiger partial charge in [-0.05, 0) is 56.2 Å². The van der Waals surface area contributed by atoms with Crippen molar-refractivity contribution < 1.29 is 9.66 Å². The van der Waals surface area contributed by atoms with Crippen LogP contribution in [0.5, 0.6) is 5.75 Å². The van der Waals surface area contributed by atoms with Crippen molar-refractivity contribution in [3.05, 3.63) is 87.4 Å². The van der Waals surface area contributed by atoms with Crippen LogP contribution in [-0.2, 0) is 6.61 Å². The molecule has 0 saturated carbocycles. The van der Waals surface area contributed by atoms with Crippen LogP contribution in [0, 0.1) is 22.0 Å². The Hall–Kier alpha value is -4.42. The fraction of sp³-hybridized carbons (Fsp3) is 0.222. The van der Waals surface area contributed by atoms with Gasteiger partial charge in [0, 0.05) is 29.9 Å². The third-order valence-corrected chi connectivity index (χ3v) is 6.71. The fourth-order valence-corrected chi connectivity index (χ4v) is 4.71. The Morgan fingerprint density at radius 3 is 2.84 bits per heavy atom. The number of ether oxygens (including phenoxy) is 1. The number of rotatable bonds is 5. The normalized spacial score (nSPS) is 16.9. The lowest BCUT2D eigenvalue weighted by Crippen LogP contribution is -2.40. The minimum absolute atomic E-state index is 0.132. The van der Waals surface area contributed by atoms with Crippen LogP contribution in [0.1, 0.15) is 31.0 Å². The summed E-state index contributed by atoms with van der Waals surface area (Å²) in [5, 5.41) is 12.7. The average Bonchev–Trinajstić information content (AvgIpc) is 3.28. The summed E-state index contributed by atoms with van der Waals surface area (Å²) in [6.07, 6.45) is 4.76. The maximum Gasteiger partial charge on any atom is 0.285 e. The minimum Gasteiger partial charge on any atom is -0.486 e. The van der Waals surface area contributed by atoms with Crippen molar-refractivity contribution in [1.82, 2.24) is 15.0 Å². The van der Waals surface area contributed by atoms with Gasteiger partial charge in [0.05, 0.1) is 26.7 Å². The average molecular weight is 515 g/mol. The highest BCUT2D eigenvalue weighted by Gasteiger charge is 2.35. The van der Waals surface area contributed by atoms with E-state index >= 15 is 0 Å². The molecule has 3 heterocycles. The third-order valence-electron chi connectivity index (χ3n) is 6.42. The first-order valence-corrected chi connectivity index (χ1v) is 12.0. The van der Waals surface area contributed by atoms with E-state index in [2.05, 4.69) is 31.7 Å². The minimum atomic E-state index is -0.548. The van der Waals surface area contributed by atoms with Crippen LogP contribution in [0.2, 0.25) is 5.02 Å². The Kier molecular flexibility index (Phi) is 6.51. The summed E-state index contributed by atoms with van der Waals surface area (Å²) < 4.78 is 5.85. The first-order valence-electron chi connectivity index (χ1n) is 11.7. The molecule has 1 aliphatic rings. The molecule has 0 aliphatic carbocycles. The summed E-state index contributed by atoms with van der Waals surface area (Å²) in [4.78, 5) is 25.8. The number of hydrogen-bond donors (Lipinski definition) is 1. The van der Waals surface area contributed by atoms with Gasteiger partial charge in [-0.1, -0.05) is 29.5 Å². The monoisotopic (exact) mass is 514 g/mol. The summed E-state index contributed by atoms with van der Waals surface area (Å²) >= 11 is 6.56. The fourth-order valence-electron chi connectivity index (χ4n) is 4.48. The molecular formula is C27H23ClN6O3. The molecule has 5 rings (SSSR count). The zero-order valence-electron chi connectivity index (χ0n) is 20.0. The molecule has 2 aromatic heterocycles. The van der Waals surface area contributed by atoms with Gasteiger partial charge in [-0.3, -0.25) is 15.1 Å². The number of nitrogens with zero attached hydrogens (tertiary/aromatic N) is 5. The maximum absolute atomic E-state index is 11.8. The highest BCUT2D eigenvalue weighted by molar-refractivity contribution is 6.32. The van der Waals surface area contributed by atoms with Gasteiger partial charge in [0.2, 0.25) is 0 Å². The van der Waals surface area contributed by atoms with E-state index < -0.39 is 10.5 Å². The predicted octanol–water partition coefficient (Wildman–Crippen LogP) is 5.16. The van der Waals surface area contributed by atoms with Gasteiger partial charge in [-0.25, -0.2) is 9.97 Å². The Bertz CT molecular complexity index is 1550. The Balaban J connectivity index is 1.42. The quantitative estimate of drug-likeness (QED) is 0.220. The van der Waals surface area contributed by atoms with E-state index in [-0.39, 0.29) is 17.1 Å². The molecule has 0 radical (unpaired) electrons. The first-order chi connectivity index (χ1) is 17.8. The van der Waals surface area contributed by atoms with Gasteiger partial charge < -0.3 is 15.4 Å². The van der Waals surface area contributed by atoms with Crippen molar-refractivity contribution in [2.45, 2.75) is 31.9 Å². The van der Waals surface area contributed by atoms with Gasteiger partial charge in [-0.2, -0.15) is 0 Å². The van der Waals surface area contributed by atoms with Gasteiger partial charge in [0.25, 0.3) is 5.69 Å². The summed E-state index contributed by atoms with van der Waals surface area (Å²) in [5.74, 6) is 7.10. The highest BCUT2D eigenvalue weighted by atomic mass is 35.5. The molecule has 1 fully saturated rings. The second kappa shape index (κ2) is 9.91. The lowest BCUT2D eigenvalue weighted by Gasteiger charge is -2.33. The summed E-state index contributed by atoms with van der Waals surface area (Å²) in [6, 6.07) is 14.3. The Morgan fingerprint density at radius 1 is 1.22 bits per heavy atom. The molecule has 2 aromatic carbocycles. The zero-order chi connectivity index (χ0) is 26.0. The number of nitrogen functional groups attached to an aromatic ring is 1. The van der Waals surface area contributed by atoms with E-state index in [9.17, 15) is 10.1 Å². The van der Waals surface area contributed by atoms with Crippen molar-refractivity contribution in [2.75, 3.05) is 17.2 Å². The van der Waals surface area contributed by atoms with Crippen molar-refractivity contribution in [1.29, 1.82) is 0 Å². The number of nitrogens with two attached hydrogens (primary N) is 1. The summed E-state index contributed by atoms with van der Waals surface area (Å²) in [5.41, 5.74) is 7.69. The van der Waals surface area contributed by atoms with E-state index in [1.54, 1.807) is 12.3 Å². The lowest BCUT2D eigenvalue weighted by molar-refractivity contribution is -0.385. The van der Waals surface area contributed by atoms with Crippen LogP contribution in [0.3, 0.4) is 0 Å². The molecule has 1 saturated heterocycles. The Labute approximate surface area is 218 Å². The van der Waals surface area contributed by atoms with Gasteiger partial charge in [-0.15, -0.1) is 0 Å². The topological polar surface area (TPSA) is 120 Å². The first kappa shape index (κ1) is 24.3. The SMILES string of the molecule is C[C@]1(C#Cc2cc3ncnc(N)c3cc2[N+](=O)[O-])CCCN1c1ccc(OCc2ccccn2)c(Cl)c1. The number of hydrogen-bond acceptors (Lipinski definition) is 8. The van der Waals surface area contributed by atoms with E-state index in [4.69, 9.17) is 22.1 Å². The Morgan fingerprint density at radius 2 is 2.08 bits per heavy atom. The van der Waals surface area contributed by atoms with Crippen LogP contribution < -0.4 is 15.4 Å². The number of pyridine rings is 1. The van der Waals surface area contributed by atoms with Crippen molar-refractivity contribution in [3.8, 4) is 17.6 Å². The van der Waals surface area contributed by atoms with Crippen LogP contribution in [0.4, 0.5) is 17.2 Å². The number of aromatic nitrogens is 3. The number of nitro benzene ring substituents is 1. The summed E-state index contributed by atoms with van der Waals surface area (Å²) in [6.45, 7) is 3.12. The lowest BCUT2D eigenvalue weighted by atomic mass is 9.98. The second-order valence-corrected chi connectivity index (χ2v) is 9.31. The molecule has 1 aliphatic heterocycles. The molecule has 4 aromatic rings. The number of nitro groups is 1. The number of anilines is 2. The molecule has 0 unspecified atom stereocenters. The molecule has 10 heteroatoms. The number of benzene rings is 2. The third kappa shape index (κ3) is 4.97. The van der Waals surface area contributed by atoms with Gasteiger partial charge in [0.15, 0.2) is 0 Å². The summed E-state index contributed by atoms with van der Waals surface area (Å²) in [7, 11) is 0. The van der Waals surface area contributed by atoms with Crippen LogP contribution in [0.15, 0.2) is 61.1 Å². The van der Waals surface area contributed by atoms with Crippen molar-refractivity contribution >= 4 is 39.7 Å². The van der Waals surface area contributed by atoms with Crippen molar-refractivity contribution in [2.24, 2.45) is 0 Å². The van der Waals surface area contributed by atoms with Crippen molar-refractivity contribution in [3.63, 3.8) is 0 Å². The molecule has 0 amide bonds. The molecule has 1 atom stereocenters. The predicted molar refractivity (Wildman–Crippen MR) is 142 cm³/mol. The second-order valence-electron chi connectivity index (χ2n) is 8.91. The van der Waals surface area contributed by atoms with E-state index in [1.807, 2.05) is 43.3 Å². The highest BCUT2D eigenvalue weighted by Crippen LogP contribution is 2.38. The largest absolute Gasteiger partial charge is 0.486 e. The molecule has 2 N–H and O–H groups in total. The van der Waals surface area contributed by atoms with Crippen LogP contribution in [-0.4, -0.2) is 32.0 Å². The van der Waals surface area contributed by atoms with Crippen LogP contribution in [0.25, 0.3) is 10.9 Å². The van der Waals surface area contributed by atoms with Crippen LogP contribution >= 0.6 is 11.6 Å². The maximum atomic E-state index is 11.8. The standard InChI is InChI=1S/C27H23ClN6O3/c1-27(10-8-18-13-23-21(15-24(18)34(35)36)26(29)32-17-31-23)9-4-12-33(27)20-6-7-25(22(28)14-20)37-16-19-5-2-3-11-30-19/h2-3,5-7,11,13-15,17H,4,9,12,16H2,1H3,(H2,29,31,32)/t27-/m1/s1. The van der Waals surface area contributed by atoms with E-state index in [1.165, 1.54) is 12.4 Å². The molecule has 0 spiro atoms. The molecule has 186 valence electrons. The smallest absolute Gasteiger partial charge is 0.285 e. The molecule has 9 nitrogen and oxygen atoms in total. The number of halogens is 1. The number of fused-ring (bicyclic) bond motifs is 1. The zero-order valence-corrected chi connectivity index (χ0v) is 20.8. The van der Waals surface area contributed by atoms with Gasteiger partial charge >= 0.3 is 0 Å². The van der Waals surface area contributed by atoms with E-state index in [0.717, 1.165) is 30.8 Å². The molecule has 37 heavy (non-hydrogen) atoms.